The molecule has 0 atom stereocenters. The standard InChI is InChI=1S/C17H31N3O2/c21-16(9-15-19-11-4-2-1-3-5-12-19)18-10-7-14-20-13-6-8-17(20)22/h1-15H2,(H,18,21). The van der Waals surface area contributed by atoms with Crippen LogP contribution in [0.2, 0.25) is 0 Å². The van der Waals surface area contributed by atoms with E-state index in [1.807, 2.05) is 4.90 Å². The summed E-state index contributed by atoms with van der Waals surface area (Å²) in [6.45, 7) is 5.53. The van der Waals surface area contributed by atoms with Gasteiger partial charge in [-0.05, 0) is 38.8 Å². The van der Waals surface area contributed by atoms with Gasteiger partial charge in [-0.3, -0.25) is 9.59 Å². The highest BCUT2D eigenvalue weighted by Crippen LogP contribution is 2.11. The summed E-state index contributed by atoms with van der Waals surface area (Å²) in [5.74, 6) is 0.415. The highest BCUT2D eigenvalue weighted by atomic mass is 16.2. The summed E-state index contributed by atoms with van der Waals surface area (Å²) in [4.78, 5) is 27.7. The van der Waals surface area contributed by atoms with E-state index in [9.17, 15) is 9.59 Å². The molecule has 2 amide bonds. The molecule has 2 rings (SSSR count). The van der Waals surface area contributed by atoms with Gasteiger partial charge in [-0.2, -0.15) is 0 Å². The Bertz CT molecular complexity index is 352. The van der Waals surface area contributed by atoms with Gasteiger partial charge < -0.3 is 15.1 Å². The zero-order chi connectivity index (χ0) is 15.6. The minimum Gasteiger partial charge on any atom is -0.356 e. The van der Waals surface area contributed by atoms with Crippen molar-refractivity contribution in [3.63, 3.8) is 0 Å². The lowest BCUT2D eigenvalue weighted by molar-refractivity contribution is -0.127. The van der Waals surface area contributed by atoms with Gasteiger partial charge in [-0.1, -0.05) is 19.3 Å². The van der Waals surface area contributed by atoms with Crippen LogP contribution in [0.1, 0.15) is 57.8 Å². The zero-order valence-electron chi connectivity index (χ0n) is 13.8. The van der Waals surface area contributed by atoms with E-state index in [0.29, 0.717) is 19.4 Å². The van der Waals surface area contributed by atoms with Crippen LogP contribution < -0.4 is 5.32 Å². The molecule has 5 heteroatoms. The van der Waals surface area contributed by atoms with Crippen LogP contribution in [0.15, 0.2) is 0 Å². The maximum absolute atomic E-state index is 11.9. The van der Waals surface area contributed by atoms with Gasteiger partial charge in [0.05, 0.1) is 0 Å². The predicted octanol–water partition coefficient (Wildman–Crippen LogP) is 1.77. The smallest absolute Gasteiger partial charge is 0.222 e. The summed E-state index contributed by atoms with van der Waals surface area (Å²) in [7, 11) is 0. The number of nitrogens with one attached hydrogen (secondary N) is 1. The third kappa shape index (κ3) is 6.34. The molecule has 0 unspecified atom stereocenters. The largest absolute Gasteiger partial charge is 0.356 e. The number of carbonyl (C=O) groups excluding carboxylic acids is 2. The van der Waals surface area contributed by atoms with Gasteiger partial charge in [0.2, 0.25) is 11.8 Å². The van der Waals surface area contributed by atoms with E-state index in [2.05, 4.69) is 10.2 Å². The number of carbonyl (C=O) groups is 2. The second-order valence-corrected chi connectivity index (χ2v) is 6.55. The normalized spacial score (nSPS) is 20.7. The molecule has 126 valence electrons. The second-order valence-electron chi connectivity index (χ2n) is 6.55. The molecule has 0 aromatic heterocycles. The third-order valence-corrected chi connectivity index (χ3v) is 4.70. The van der Waals surface area contributed by atoms with E-state index in [1.54, 1.807) is 0 Å². The van der Waals surface area contributed by atoms with Gasteiger partial charge in [0, 0.05) is 39.0 Å². The molecule has 0 aliphatic carbocycles. The van der Waals surface area contributed by atoms with Gasteiger partial charge >= 0.3 is 0 Å². The van der Waals surface area contributed by atoms with Crippen LogP contribution >= 0.6 is 0 Å². The second kappa shape index (κ2) is 9.82. The maximum Gasteiger partial charge on any atom is 0.222 e. The molecule has 2 saturated heterocycles. The number of nitrogens with zero attached hydrogens (tertiary/aromatic N) is 2. The van der Waals surface area contributed by atoms with Crippen LogP contribution in [0.25, 0.3) is 0 Å². The fourth-order valence-corrected chi connectivity index (χ4v) is 3.32. The third-order valence-electron chi connectivity index (χ3n) is 4.70. The van der Waals surface area contributed by atoms with Crippen molar-refractivity contribution in [1.82, 2.24) is 15.1 Å². The summed E-state index contributed by atoms with van der Waals surface area (Å²) in [6.07, 6.45) is 9.72. The quantitative estimate of drug-likeness (QED) is 0.729. The molecule has 0 aromatic rings. The average Bonchev–Trinajstić information content (AvgIpc) is 2.88. The van der Waals surface area contributed by atoms with Crippen LogP contribution in [0.4, 0.5) is 0 Å². The number of likely N-dealkylation sites (tertiary alicyclic amines) is 2. The topological polar surface area (TPSA) is 52.7 Å². The lowest BCUT2D eigenvalue weighted by Gasteiger charge is -2.24. The minimum atomic E-state index is 0.148. The zero-order valence-corrected chi connectivity index (χ0v) is 13.8. The highest BCUT2D eigenvalue weighted by molar-refractivity contribution is 5.78. The number of amides is 2. The number of rotatable bonds is 7. The fourth-order valence-electron chi connectivity index (χ4n) is 3.32. The van der Waals surface area contributed by atoms with Gasteiger partial charge in [-0.15, -0.1) is 0 Å². The van der Waals surface area contributed by atoms with Crippen molar-refractivity contribution >= 4 is 11.8 Å². The molecular weight excluding hydrogens is 278 g/mol. The number of hydrogen-bond acceptors (Lipinski definition) is 3. The van der Waals surface area contributed by atoms with Gasteiger partial charge in [-0.25, -0.2) is 0 Å². The molecule has 0 spiro atoms. The van der Waals surface area contributed by atoms with Crippen LogP contribution in [-0.4, -0.2) is 60.9 Å². The fraction of sp³-hybridized carbons (Fsp3) is 0.882. The minimum absolute atomic E-state index is 0.148. The van der Waals surface area contributed by atoms with Crippen LogP contribution in [0.5, 0.6) is 0 Å². The molecule has 5 nitrogen and oxygen atoms in total. The van der Waals surface area contributed by atoms with Crippen molar-refractivity contribution in [3.8, 4) is 0 Å². The van der Waals surface area contributed by atoms with Crippen LogP contribution in [-0.2, 0) is 9.59 Å². The lowest BCUT2D eigenvalue weighted by atomic mass is 10.1. The Morgan fingerprint density at radius 1 is 0.955 bits per heavy atom. The summed E-state index contributed by atoms with van der Waals surface area (Å²) >= 11 is 0. The van der Waals surface area contributed by atoms with Crippen molar-refractivity contribution in [1.29, 1.82) is 0 Å². The number of hydrogen-bond donors (Lipinski definition) is 1. The van der Waals surface area contributed by atoms with Crippen molar-refractivity contribution in [3.05, 3.63) is 0 Å². The molecule has 2 fully saturated rings. The Morgan fingerprint density at radius 2 is 1.68 bits per heavy atom. The Hall–Kier alpha value is -1.10. The highest BCUT2D eigenvalue weighted by Gasteiger charge is 2.19. The Balaban J connectivity index is 1.50. The molecule has 2 heterocycles. The van der Waals surface area contributed by atoms with Crippen molar-refractivity contribution in [2.75, 3.05) is 39.3 Å². The molecule has 2 aliphatic heterocycles. The summed E-state index contributed by atoms with van der Waals surface area (Å²) < 4.78 is 0. The van der Waals surface area contributed by atoms with E-state index in [-0.39, 0.29) is 11.8 Å². The molecule has 0 aromatic carbocycles. The van der Waals surface area contributed by atoms with E-state index in [1.165, 1.54) is 32.1 Å². The molecule has 2 aliphatic rings. The summed E-state index contributed by atoms with van der Waals surface area (Å²) in [5, 5.41) is 2.99. The van der Waals surface area contributed by atoms with E-state index >= 15 is 0 Å². The van der Waals surface area contributed by atoms with E-state index in [4.69, 9.17) is 0 Å². The molecular formula is C17H31N3O2. The van der Waals surface area contributed by atoms with E-state index < -0.39 is 0 Å². The first kappa shape index (κ1) is 17.3. The van der Waals surface area contributed by atoms with Gasteiger partial charge in [0.1, 0.15) is 0 Å². The molecule has 1 N–H and O–H groups in total. The first-order valence-corrected chi connectivity index (χ1v) is 9.02. The van der Waals surface area contributed by atoms with Gasteiger partial charge in [0.15, 0.2) is 0 Å². The Kier molecular flexibility index (Phi) is 7.71. The molecule has 0 saturated carbocycles. The molecule has 0 bridgehead atoms. The SMILES string of the molecule is O=C(CCN1CCCCCCC1)NCCCN1CCCC1=O. The molecule has 0 radical (unpaired) electrons. The maximum atomic E-state index is 11.9. The van der Waals surface area contributed by atoms with Crippen molar-refractivity contribution in [2.45, 2.75) is 57.8 Å². The first-order valence-electron chi connectivity index (χ1n) is 9.02. The Morgan fingerprint density at radius 3 is 2.36 bits per heavy atom. The Labute approximate surface area is 134 Å². The summed E-state index contributed by atoms with van der Waals surface area (Å²) in [6, 6.07) is 0. The predicted molar refractivity (Wildman–Crippen MR) is 87.6 cm³/mol. The first-order chi connectivity index (χ1) is 10.8. The molecule has 22 heavy (non-hydrogen) atoms. The monoisotopic (exact) mass is 309 g/mol. The van der Waals surface area contributed by atoms with Gasteiger partial charge in [0.25, 0.3) is 0 Å². The average molecular weight is 309 g/mol. The lowest BCUT2D eigenvalue weighted by Crippen LogP contribution is -2.34. The van der Waals surface area contributed by atoms with Crippen LogP contribution in [0.3, 0.4) is 0 Å². The van der Waals surface area contributed by atoms with Crippen molar-refractivity contribution < 1.29 is 9.59 Å². The van der Waals surface area contributed by atoms with E-state index in [0.717, 1.165) is 45.6 Å². The summed E-state index contributed by atoms with van der Waals surface area (Å²) in [5.41, 5.74) is 0. The van der Waals surface area contributed by atoms with Crippen LogP contribution in [0, 0.1) is 0 Å². The van der Waals surface area contributed by atoms with Crippen molar-refractivity contribution in [2.24, 2.45) is 0 Å².